The molecular formula is C13H14ClFN2OS. The summed E-state index contributed by atoms with van der Waals surface area (Å²) in [7, 11) is 0. The molecule has 0 aliphatic rings. The summed E-state index contributed by atoms with van der Waals surface area (Å²) in [4.78, 5) is 15.3. The second-order valence-corrected chi connectivity index (χ2v) is 5.59. The van der Waals surface area contributed by atoms with E-state index in [1.807, 2.05) is 0 Å². The van der Waals surface area contributed by atoms with E-state index in [-0.39, 0.29) is 23.2 Å². The van der Waals surface area contributed by atoms with Crippen molar-refractivity contribution in [2.45, 2.75) is 27.3 Å². The lowest BCUT2D eigenvalue weighted by Gasteiger charge is -2.18. The Morgan fingerprint density at radius 2 is 2.16 bits per heavy atom. The van der Waals surface area contributed by atoms with Crippen LogP contribution >= 0.6 is 23.8 Å². The Kier molecular flexibility index (Phi) is 5.18. The summed E-state index contributed by atoms with van der Waals surface area (Å²) in [6.45, 7) is 5.41. The van der Waals surface area contributed by atoms with Crippen LogP contribution < -0.4 is 5.32 Å². The van der Waals surface area contributed by atoms with Crippen LogP contribution in [0.25, 0.3) is 0 Å². The minimum Gasteiger partial charge on any atom is -0.351 e. The second-order valence-electron chi connectivity index (χ2n) is 5.00. The van der Waals surface area contributed by atoms with E-state index < -0.39 is 11.2 Å². The minimum atomic E-state index is -0.598. The fraction of sp³-hybridized carbons (Fsp3) is 0.385. The molecule has 0 aliphatic heterocycles. The average Bonchev–Trinajstić information content (AvgIpc) is 2.32. The molecule has 102 valence electrons. The first-order valence-electron chi connectivity index (χ1n) is 5.60. The summed E-state index contributed by atoms with van der Waals surface area (Å²) in [5, 5.41) is 4.89. The van der Waals surface area contributed by atoms with E-state index in [0.29, 0.717) is 5.56 Å². The number of amides is 1. The first kappa shape index (κ1) is 15.8. The molecule has 6 heteroatoms. The first-order valence-corrected chi connectivity index (χ1v) is 6.39. The van der Waals surface area contributed by atoms with E-state index in [4.69, 9.17) is 11.6 Å². The van der Waals surface area contributed by atoms with Crippen LogP contribution in [0.3, 0.4) is 0 Å². The molecule has 1 amide bonds. The maximum Gasteiger partial charge on any atom is 0.225 e. The summed E-state index contributed by atoms with van der Waals surface area (Å²) in [6, 6.07) is 3.01. The molecule has 0 saturated heterocycles. The van der Waals surface area contributed by atoms with Gasteiger partial charge in [-0.05, 0) is 18.3 Å². The zero-order chi connectivity index (χ0) is 14.6. The van der Waals surface area contributed by atoms with Crippen molar-refractivity contribution in [3.8, 4) is 0 Å². The summed E-state index contributed by atoms with van der Waals surface area (Å²) in [6.07, 6.45) is 0. The van der Waals surface area contributed by atoms with Gasteiger partial charge in [-0.15, -0.1) is 0 Å². The quantitative estimate of drug-likeness (QED) is 0.680. The molecule has 0 fully saturated rings. The molecule has 3 nitrogen and oxygen atoms in total. The fourth-order valence-electron chi connectivity index (χ4n) is 1.31. The molecule has 0 saturated carbocycles. The van der Waals surface area contributed by atoms with E-state index in [1.54, 1.807) is 20.8 Å². The van der Waals surface area contributed by atoms with Crippen LogP contribution in [0.5, 0.6) is 0 Å². The van der Waals surface area contributed by atoms with Crippen LogP contribution in [0, 0.1) is 11.2 Å². The average molecular weight is 301 g/mol. The number of carbonyl (C=O) groups excluding carboxylic acids is 1. The Hall–Kier alpha value is -1.29. The number of isothiocyanates is 1. The van der Waals surface area contributed by atoms with Crippen molar-refractivity contribution in [3.63, 3.8) is 0 Å². The van der Waals surface area contributed by atoms with Gasteiger partial charge >= 0.3 is 0 Å². The number of rotatable bonds is 3. The number of benzene rings is 1. The van der Waals surface area contributed by atoms with Gasteiger partial charge in [0.25, 0.3) is 0 Å². The van der Waals surface area contributed by atoms with Gasteiger partial charge in [0, 0.05) is 17.5 Å². The third-order valence-electron chi connectivity index (χ3n) is 2.42. The zero-order valence-electron chi connectivity index (χ0n) is 10.9. The second kappa shape index (κ2) is 6.24. The van der Waals surface area contributed by atoms with Gasteiger partial charge in [-0.25, -0.2) is 4.39 Å². The van der Waals surface area contributed by atoms with Crippen LogP contribution in [0.1, 0.15) is 26.3 Å². The predicted octanol–water partition coefficient (Wildman–Crippen LogP) is 3.88. The highest BCUT2D eigenvalue weighted by molar-refractivity contribution is 7.78. The molecule has 1 aromatic rings. The van der Waals surface area contributed by atoms with Crippen molar-refractivity contribution in [1.82, 2.24) is 5.32 Å². The Bertz CT molecular complexity index is 548. The number of hydrogen-bond acceptors (Lipinski definition) is 3. The smallest absolute Gasteiger partial charge is 0.225 e. The lowest BCUT2D eigenvalue weighted by atomic mass is 9.95. The highest BCUT2D eigenvalue weighted by atomic mass is 35.5. The lowest BCUT2D eigenvalue weighted by Crippen LogP contribution is -2.34. The van der Waals surface area contributed by atoms with Crippen molar-refractivity contribution in [2.24, 2.45) is 10.4 Å². The van der Waals surface area contributed by atoms with Gasteiger partial charge in [-0.1, -0.05) is 38.4 Å². The van der Waals surface area contributed by atoms with Crippen molar-refractivity contribution < 1.29 is 9.18 Å². The standard InChI is InChI=1S/C13H14ClFN2OS/c1-13(2,3)12(18)16-6-8-4-5-9(14)11(10(8)15)17-7-19/h4-5H,6H2,1-3H3,(H,16,18). The molecule has 0 heterocycles. The highest BCUT2D eigenvalue weighted by Crippen LogP contribution is 2.30. The van der Waals surface area contributed by atoms with Crippen LogP contribution in [-0.4, -0.2) is 11.1 Å². The normalized spacial score (nSPS) is 10.8. The summed E-state index contributed by atoms with van der Waals surface area (Å²) in [5.41, 5.74) is -0.289. The third kappa shape index (κ3) is 4.10. The fourth-order valence-corrected chi connectivity index (χ4v) is 1.59. The highest BCUT2D eigenvalue weighted by Gasteiger charge is 2.21. The maximum absolute atomic E-state index is 14.1. The monoisotopic (exact) mass is 300 g/mol. The Morgan fingerprint density at radius 3 is 2.68 bits per heavy atom. The van der Waals surface area contributed by atoms with Crippen LogP contribution in [-0.2, 0) is 11.3 Å². The molecule has 0 atom stereocenters. The number of halogens is 2. The van der Waals surface area contributed by atoms with Gasteiger partial charge in [0.2, 0.25) is 5.91 Å². The number of nitrogens with zero attached hydrogens (tertiary/aromatic N) is 1. The molecule has 1 aromatic carbocycles. The van der Waals surface area contributed by atoms with Gasteiger partial charge < -0.3 is 5.32 Å². The molecule has 0 aliphatic carbocycles. The van der Waals surface area contributed by atoms with E-state index in [2.05, 4.69) is 27.7 Å². The number of carbonyl (C=O) groups is 1. The Balaban J connectivity index is 2.95. The third-order valence-corrected chi connectivity index (χ3v) is 2.82. The minimum absolute atomic E-state index is 0.0563. The van der Waals surface area contributed by atoms with E-state index >= 15 is 0 Å². The number of nitrogens with one attached hydrogen (secondary N) is 1. The van der Waals surface area contributed by atoms with Crippen molar-refractivity contribution in [3.05, 3.63) is 28.5 Å². The van der Waals surface area contributed by atoms with Crippen LogP contribution in [0.15, 0.2) is 17.1 Å². The van der Waals surface area contributed by atoms with Gasteiger partial charge in [0.1, 0.15) is 5.69 Å². The molecular weight excluding hydrogens is 287 g/mol. The van der Waals surface area contributed by atoms with Crippen molar-refractivity contribution in [1.29, 1.82) is 0 Å². The Morgan fingerprint density at radius 1 is 1.53 bits per heavy atom. The van der Waals surface area contributed by atoms with E-state index in [9.17, 15) is 9.18 Å². The number of hydrogen-bond donors (Lipinski definition) is 1. The van der Waals surface area contributed by atoms with Gasteiger partial charge in [-0.3, -0.25) is 4.79 Å². The molecule has 19 heavy (non-hydrogen) atoms. The SMILES string of the molecule is CC(C)(C)C(=O)NCc1ccc(Cl)c(N=C=S)c1F. The van der Waals surface area contributed by atoms with E-state index in [1.165, 1.54) is 12.1 Å². The molecule has 0 radical (unpaired) electrons. The van der Waals surface area contributed by atoms with Crippen LogP contribution in [0.2, 0.25) is 5.02 Å². The van der Waals surface area contributed by atoms with Crippen LogP contribution in [0.4, 0.5) is 10.1 Å². The molecule has 0 bridgehead atoms. The van der Waals surface area contributed by atoms with Gasteiger partial charge in [-0.2, -0.15) is 4.99 Å². The van der Waals surface area contributed by atoms with E-state index in [0.717, 1.165) is 0 Å². The zero-order valence-corrected chi connectivity index (χ0v) is 12.5. The van der Waals surface area contributed by atoms with Gasteiger partial charge in [0.05, 0.1) is 10.2 Å². The maximum atomic E-state index is 14.1. The lowest BCUT2D eigenvalue weighted by molar-refractivity contribution is -0.128. The summed E-state index contributed by atoms with van der Waals surface area (Å²) >= 11 is 10.2. The molecule has 0 aromatic heterocycles. The topological polar surface area (TPSA) is 41.5 Å². The number of aliphatic imine (C=N–C) groups is 1. The largest absolute Gasteiger partial charge is 0.351 e. The molecule has 1 N–H and O–H groups in total. The molecule has 1 rings (SSSR count). The molecule has 0 unspecified atom stereocenters. The van der Waals surface area contributed by atoms with Crippen molar-refractivity contribution in [2.75, 3.05) is 0 Å². The number of thiocarbonyl (C=S) groups is 1. The predicted molar refractivity (Wildman–Crippen MR) is 77.4 cm³/mol. The first-order chi connectivity index (χ1) is 8.77. The van der Waals surface area contributed by atoms with Crippen molar-refractivity contribution >= 4 is 40.6 Å². The van der Waals surface area contributed by atoms with Gasteiger partial charge in [0.15, 0.2) is 5.82 Å². The Labute approximate surface area is 121 Å². The summed E-state index contributed by atoms with van der Waals surface area (Å²) in [5.74, 6) is -0.763. The summed E-state index contributed by atoms with van der Waals surface area (Å²) < 4.78 is 14.1. The molecule has 0 spiro atoms.